The highest BCUT2D eigenvalue weighted by Crippen LogP contribution is 2.29. The third-order valence-electron chi connectivity index (χ3n) is 3.01. The molecule has 0 unspecified atom stereocenters. The van der Waals surface area contributed by atoms with Gasteiger partial charge in [0.25, 0.3) is 5.91 Å². The van der Waals surface area contributed by atoms with Gasteiger partial charge in [0.15, 0.2) is 0 Å². The monoisotopic (exact) mass is 290 g/mol. The van der Waals surface area contributed by atoms with Crippen LogP contribution in [0.15, 0.2) is 28.8 Å². The molecule has 21 heavy (non-hydrogen) atoms. The molecule has 2 aromatic rings. The number of hydrogen-bond acceptors (Lipinski definition) is 5. The minimum atomic E-state index is -0.379. The van der Waals surface area contributed by atoms with E-state index in [0.717, 1.165) is 5.69 Å². The number of amides is 1. The first-order chi connectivity index (χ1) is 10.1. The van der Waals surface area contributed by atoms with Crippen LogP contribution in [-0.2, 0) is 0 Å². The molecule has 0 saturated carbocycles. The maximum absolute atomic E-state index is 12.4. The first-order valence-corrected chi connectivity index (χ1v) is 6.55. The zero-order valence-corrected chi connectivity index (χ0v) is 12.5. The van der Waals surface area contributed by atoms with Crippen molar-refractivity contribution in [3.05, 3.63) is 35.5 Å². The summed E-state index contributed by atoms with van der Waals surface area (Å²) in [5.74, 6) is 0.985. The number of ether oxygens (including phenoxy) is 2. The zero-order valence-electron chi connectivity index (χ0n) is 12.5. The van der Waals surface area contributed by atoms with Gasteiger partial charge in [0.2, 0.25) is 5.88 Å². The summed E-state index contributed by atoms with van der Waals surface area (Å²) >= 11 is 0. The molecule has 0 aliphatic carbocycles. The second-order valence-corrected chi connectivity index (χ2v) is 4.76. The summed E-state index contributed by atoms with van der Waals surface area (Å²) in [6.45, 7) is 3.99. The van der Waals surface area contributed by atoms with Gasteiger partial charge in [-0.15, -0.1) is 0 Å². The predicted octanol–water partition coefficient (Wildman–Crippen LogP) is 3.07. The fraction of sp³-hybridized carbons (Fsp3) is 0.333. The third-order valence-corrected chi connectivity index (χ3v) is 3.01. The minimum absolute atomic E-state index is 0.222. The Morgan fingerprint density at radius 2 is 1.86 bits per heavy atom. The van der Waals surface area contributed by atoms with Crippen LogP contribution < -0.4 is 14.8 Å². The molecule has 2 rings (SSSR count). The van der Waals surface area contributed by atoms with E-state index in [-0.39, 0.29) is 17.7 Å². The van der Waals surface area contributed by atoms with Crippen molar-refractivity contribution in [2.45, 2.75) is 19.8 Å². The number of hydrogen-bond donors (Lipinski definition) is 1. The Labute approximate surface area is 123 Å². The van der Waals surface area contributed by atoms with Gasteiger partial charge in [-0.25, -0.2) is 0 Å². The SMILES string of the molecule is COc1cccc(OC)c1C(=O)Nc1cc(C(C)C)no1. The Morgan fingerprint density at radius 1 is 1.24 bits per heavy atom. The van der Waals surface area contributed by atoms with E-state index in [4.69, 9.17) is 14.0 Å². The number of carbonyl (C=O) groups is 1. The van der Waals surface area contributed by atoms with E-state index in [0.29, 0.717) is 17.1 Å². The summed E-state index contributed by atoms with van der Waals surface area (Å²) in [7, 11) is 2.99. The second kappa shape index (κ2) is 6.30. The average molecular weight is 290 g/mol. The van der Waals surface area contributed by atoms with Gasteiger partial charge in [0.05, 0.1) is 19.9 Å². The highest BCUT2D eigenvalue weighted by Gasteiger charge is 2.20. The molecule has 1 amide bonds. The number of aromatic nitrogens is 1. The lowest BCUT2D eigenvalue weighted by molar-refractivity contribution is 0.101. The molecule has 0 radical (unpaired) electrons. The van der Waals surface area contributed by atoms with Crippen LogP contribution in [0.25, 0.3) is 0 Å². The van der Waals surface area contributed by atoms with Crippen LogP contribution >= 0.6 is 0 Å². The van der Waals surface area contributed by atoms with Gasteiger partial charge in [-0.1, -0.05) is 25.1 Å². The Kier molecular flexibility index (Phi) is 4.47. The number of carbonyl (C=O) groups excluding carboxylic acids is 1. The van der Waals surface area contributed by atoms with Crippen LogP contribution in [0.3, 0.4) is 0 Å². The highest BCUT2D eigenvalue weighted by atomic mass is 16.5. The minimum Gasteiger partial charge on any atom is -0.496 e. The van der Waals surface area contributed by atoms with Crippen LogP contribution in [0.2, 0.25) is 0 Å². The quantitative estimate of drug-likeness (QED) is 0.916. The Bertz CT molecular complexity index is 612. The lowest BCUT2D eigenvalue weighted by Gasteiger charge is -2.11. The van der Waals surface area contributed by atoms with Crippen molar-refractivity contribution < 1.29 is 18.8 Å². The highest BCUT2D eigenvalue weighted by molar-refractivity contribution is 6.07. The number of rotatable bonds is 5. The number of nitrogens with zero attached hydrogens (tertiary/aromatic N) is 1. The fourth-order valence-electron chi connectivity index (χ4n) is 1.87. The normalized spacial score (nSPS) is 10.5. The van der Waals surface area contributed by atoms with E-state index in [1.165, 1.54) is 14.2 Å². The van der Waals surface area contributed by atoms with Crippen molar-refractivity contribution in [3.8, 4) is 11.5 Å². The molecule has 6 heteroatoms. The van der Waals surface area contributed by atoms with E-state index < -0.39 is 0 Å². The van der Waals surface area contributed by atoms with Crippen molar-refractivity contribution in [3.63, 3.8) is 0 Å². The molecule has 112 valence electrons. The molecular weight excluding hydrogens is 272 g/mol. The maximum atomic E-state index is 12.4. The topological polar surface area (TPSA) is 73.6 Å². The fourth-order valence-corrected chi connectivity index (χ4v) is 1.87. The third kappa shape index (κ3) is 3.16. The largest absolute Gasteiger partial charge is 0.496 e. The Hall–Kier alpha value is -2.50. The van der Waals surface area contributed by atoms with Gasteiger partial charge in [0.1, 0.15) is 17.1 Å². The molecule has 1 N–H and O–H groups in total. The number of methoxy groups -OCH3 is 2. The molecule has 1 aromatic heterocycles. The second-order valence-electron chi connectivity index (χ2n) is 4.76. The van der Waals surface area contributed by atoms with Crippen LogP contribution in [0.1, 0.15) is 35.8 Å². The van der Waals surface area contributed by atoms with E-state index in [2.05, 4.69) is 10.5 Å². The number of benzene rings is 1. The van der Waals surface area contributed by atoms with Crippen LogP contribution in [0.4, 0.5) is 5.88 Å². The maximum Gasteiger partial charge on any atom is 0.265 e. The number of nitrogens with one attached hydrogen (secondary N) is 1. The molecule has 0 aliphatic heterocycles. The predicted molar refractivity (Wildman–Crippen MR) is 78.1 cm³/mol. The summed E-state index contributed by atoms with van der Waals surface area (Å²) in [4.78, 5) is 12.4. The lowest BCUT2D eigenvalue weighted by Crippen LogP contribution is -2.14. The molecule has 1 aromatic carbocycles. The van der Waals surface area contributed by atoms with Gasteiger partial charge in [0, 0.05) is 6.07 Å². The van der Waals surface area contributed by atoms with Crippen LogP contribution in [0.5, 0.6) is 11.5 Å². The van der Waals surface area contributed by atoms with E-state index in [1.807, 2.05) is 13.8 Å². The summed E-state index contributed by atoms with van der Waals surface area (Å²) in [5, 5.41) is 6.55. The Morgan fingerprint density at radius 3 is 2.33 bits per heavy atom. The summed E-state index contributed by atoms with van der Waals surface area (Å²) < 4.78 is 15.5. The Balaban J connectivity index is 2.27. The molecule has 0 aliphatic rings. The van der Waals surface area contributed by atoms with Gasteiger partial charge < -0.3 is 14.0 Å². The van der Waals surface area contributed by atoms with Gasteiger partial charge >= 0.3 is 0 Å². The van der Waals surface area contributed by atoms with Crippen LogP contribution in [-0.4, -0.2) is 25.3 Å². The molecule has 0 atom stereocenters. The smallest absolute Gasteiger partial charge is 0.265 e. The van der Waals surface area contributed by atoms with Crippen LogP contribution in [0, 0.1) is 0 Å². The molecular formula is C15H18N2O4. The zero-order chi connectivity index (χ0) is 15.4. The molecule has 6 nitrogen and oxygen atoms in total. The van der Waals surface area contributed by atoms with Crippen molar-refractivity contribution in [1.29, 1.82) is 0 Å². The van der Waals surface area contributed by atoms with Crippen molar-refractivity contribution in [2.75, 3.05) is 19.5 Å². The van der Waals surface area contributed by atoms with E-state index in [1.54, 1.807) is 24.3 Å². The summed E-state index contributed by atoms with van der Waals surface area (Å²) in [6.07, 6.45) is 0. The van der Waals surface area contributed by atoms with Gasteiger partial charge in [-0.2, -0.15) is 0 Å². The lowest BCUT2D eigenvalue weighted by atomic mass is 10.1. The molecule has 1 heterocycles. The summed E-state index contributed by atoms with van der Waals surface area (Å²) in [5.41, 5.74) is 1.09. The van der Waals surface area contributed by atoms with Crippen molar-refractivity contribution in [1.82, 2.24) is 5.16 Å². The molecule has 0 saturated heterocycles. The first-order valence-electron chi connectivity index (χ1n) is 6.55. The number of anilines is 1. The first kappa shape index (κ1) is 14.9. The standard InChI is InChI=1S/C15H18N2O4/c1-9(2)10-8-13(21-17-10)16-15(18)14-11(19-3)6-5-7-12(14)20-4/h5-9H,1-4H3,(H,16,18). The van der Waals surface area contributed by atoms with Crippen molar-refractivity contribution in [2.24, 2.45) is 0 Å². The average Bonchev–Trinajstić information content (AvgIpc) is 2.94. The van der Waals surface area contributed by atoms with E-state index >= 15 is 0 Å². The molecule has 0 fully saturated rings. The molecule has 0 spiro atoms. The summed E-state index contributed by atoms with van der Waals surface area (Å²) in [6, 6.07) is 6.83. The molecule has 0 bridgehead atoms. The van der Waals surface area contributed by atoms with E-state index in [9.17, 15) is 4.79 Å². The van der Waals surface area contributed by atoms with Gasteiger partial charge in [-0.05, 0) is 18.1 Å². The van der Waals surface area contributed by atoms with Crippen molar-refractivity contribution >= 4 is 11.8 Å². The van der Waals surface area contributed by atoms with Gasteiger partial charge in [-0.3, -0.25) is 10.1 Å².